The molecule has 2 aromatic heterocycles. The molecule has 0 aliphatic carbocycles. The fourth-order valence-corrected chi connectivity index (χ4v) is 3.20. The van der Waals surface area contributed by atoms with Crippen LogP contribution in [0.2, 0.25) is 0 Å². The van der Waals surface area contributed by atoms with Crippen LogP contribution in [0.4, 0.5) is 5.69 Å². The van der Waals surface area contributed by atoms with Gasteiger partial charge in [0.15, 0.2) is 0 Å². The average Bonchev–Trinajstić information content (AvgIpc) is 3.02. The first-order valence-corrected chi connectivity index (χ1v) is 8.12. The molecule has 3 rings (SSSR count). The summed E-state index contributed by atoms with van der Waals surface area (Å²) in [6.45, 7) is 4.78. The zero-order valence-corrected chi connectivity index (χ0v) is 13.8. The topological polar surface area (TPSA) is 47.0 Å². The Morgan fingerprint density at radius 2 is 2.14 bits per heavy atom. The maximum absolute atomic E-state index is 5.31. The number of thiazole rings is 1. The molecule has 4 nitrogen and oxygen atoms in total. The molecular formula is C17H19N3OS. The van der Waals surface area contributed by atoms with Crippen LogP contribution in [0.15, 0.2) is 35.8 Å². The van der Waals surface area contributed by atoms with E-state index in [0.29, 0.717) is 6.54 Å². The second-order valence-corrected chi connectivity index (χ2v) is 6.13. The summed E-state index contributed by atoms with van der Waals surface area (Å²) in [5.74, 6) is 0. The van der Waals surface area contributed by atoms with Gasteiger partial charge >= 0.3 is 0 Å². The summed E-state index contributed by atoms with van der Waals surface area (Å²) >= 11 is 1.64. The molecule has 0 saturated heterocycles. The average molecular weight is 313 g/mol. The predicted molar refractivity (Wildman–Crippen MR) is 91.3 cm³/mol. The largest absolute Gasteiger partial charge is 0.379 e. The first-order chi connectivity index (χ1) is 10.7. The van der Waals surface area contributed by atoms with E-state index in [-0.39, 0.29) is 6.10 Å². The molecule has 0 saturated carbocycles. The Morgan fingerprint density at radius 1 is 1.32 bits per heavy atom. The first-order valence-electron chi connectivity index (χ1n) is 7.24. The molecule has 1 N–H and O–H groups in total. The van der Waals surface area contributed by atoms with Gasteiger partial charge in [-0.25, -0.2) is 4.98 Å². The lowest BCUT2D eigenvalue weighted by atomic mass is 10.1. The third-order valence-corrected chi connectivity index (χ3v) is 4.74. The Bertz CT molecular complexity index is 784. The van der Waals surface area contributed by atoms with Crippen LogP contribution in [0.1, 0.15) is 29.3 Å². The van der Waals surface area contributed by atoms with E-state index in [1.54, 1.807) is 18.4 Å². The number of hydrogen-bond donors (Lipinski definition) is 1. The number of pyridine rings is 1. The van der Waals surface area contributed by atoms with Gasteiger partial charge < -0.3 is 10.1 Å². The molecule has 1 unspecified atom stereocenters. The van der Waals surface area contributed by atoms with Crippen molar-refractivity contribution in [3.63, 3.8) is 0 Å². The normalized spacial score (nSPS) is 12.5. The van der Waals surface area contributed by atoms with Gasteiger partial charge in [-0.3, -0.25) is 4.98 Å². The molecule has 0 fully saturated rings. The molecule has 0 spiro atoms. The van der Waals surface area contributed by atoms with E-state index < -0.39 is 0 Å². The van der Waals surface area contributed by atoms with E-state index >= 15 is 0 Å². The second kappa shape index (κ2) is 6.42. The predicted octanol–water partition coefficient (Wildman–Crippen LogP) is 4.32. The molecule has 3 aromatic rings. The van der Waals surface area contributed by atoms with Crippen LogP contribution in [-0.2, 0) is 11.3 Å². The Balaban J connectivity index is 1.82. The maximum Gasteiger partial charge on any atom is 0.122 e. The monoisotopic (exact) mass is 313 g/mol. The van der Waals surface area contributed by atoms with Crippen LogP contribution in [0.25, 0.3) is 10.9 Å². The molecule has 0 aliphatic rings. The van der Waals surface area contributed by atoms with Crippen molar-refractivity contribution in [3.8, 4) is 0 Å². The Morgan fingerprint density at radius 3 is 2.95 bits per heavy atom. The minimum atomic E-state index is 0.0437. The van der Waals surface area contributed by atoms with Crippen molar-refractivity contribution in [2.75, 3.05) is 12.4 Å². The number of nitrogens with one attached hydrogen (secondary N) is 1. The minimum Gasteiger partial charge on any atom is -0.379 e. The molecule has 0 amide bonds. The van der Waals surface area contributed by atoms with Crippen LogP contribution in [0.3, 0.4) is 0 Å². The summed E-state index contributed by atoms with van der Waals surface area (Å²) in [5.41, 5.74) is 4.30. The standard InChI is InChI=1S/C17H19N3OS/c1-11-8-18-15-7-5-4-6-14(15)16(11)19-9-13-10-22-17(20-13)12(2)21-3/h4-8,10,12H,9H2,1-3H3,(H,18,19). The Kier molecular flexibility index (Phi) is 4.36. The molecule has 2 heterocycles. The Hall–Kier alpha value is -1.98. The smallest absolute Gasteiger partial charge is 0.122 e. The number of nitrogens with zero attached hydrogens (tertiary/aromatic N) is 2. The number of para-hydroxylation sites is 1. The van der Waals surface area contributed by atoms with Gasteiger partial charge in [0.2, 0.25) is 0 Å². The van der Waals surface area contributed by atoms with Crippen LogP contribution in [0.5, 0.6) is 0 Å². The van der Waals surface area contributed by atoms with Crippen molar-refractivity contribution < 1.29 is 4.74 Å². The van der Waals surface area contributed by atoms with Gasteiger partial charge in [-0.15, -0.1) is 11.3 Å². The highest BCUT2D eigenvalue weighted by Crippen LogP contribution is 2.26. The van der Waals surface area contributed by atoms with Crippen molar-refractivity contribution in [1.29, 1.82) is 0 Å². The zero-order chi connectivity index (χ0) is 15.5. The van der Waals surface area contributed by atoms with Gasteiger partial charge in [-0.1, -0.05) is 18.2 Å². The van der Waals surface area contributed by atoms with Gasteiger partial charge in [0, 0.05) is 29.8 Å². The molecule has 1 aromatic carbocycles. The molecule has 5 heteroatoms. The van der Waals surface area contributed by atoms with Gasteiger partial charge in [0.1, 0.15) is 11.1 Å². The van der Waals surface area contributed by atoms with Crippen LogP contribution >= 0.6 is 11.3 Å². The zero-order valence-electron chi connectivity index (χ0n) is 13.0. The van der Waals surface area contributed by atoms with Gasteiger partial charge in [0.05, 0.1) is 17.8 Å². The fourth-order valence-electron chi connectivity index (χ4n) is 2.35. The fraction of sp³-hybridized carbons (Fsp3) is 0.294. The first kappa shape index (κ1) is 14.9. The molecule has 22 heavy (non-hydrogen) atoms. The second-order valence-electron chi connectivity index (χ2n) is 5.24. The molecule has 0 aliphatic heterocycles. The van der Waals surface area contributed by atoms with Crippen molar-refractivity contribution in [1.82, 2.24) is 9.97 Å². The number of fused-ring (bicyclic) bond motifs is 1. The number of anilines is 1. The summed E-state index contributed by atoms with van der Waals surface area (Å²) in [7, 11) is 1.70. The van der Waals surface area contributed by atoms with E-state index in [1.165, 1.54) is 0 Å². The van der Waals surface area contributed by atoms with Crippen molar-refractivity contribution in [3.05, 3.63) is 52.1 Å². The lowest BCUT2D eigenvalue weighted by Gasteiger charge is -2.11. The third kappa shape index (κ3) is 2.96. The number of aryl methyl sites for hydroxylation is 1. The summed E-state index contributed by atoms with van der Waals surface area (Å²) in [6.07, 6.45) is 1.95. The number of methoxy groups -OCH3 is 1. The number of benzene rings is 1. The highest BCUT2D eigenvalue weighted by Gasteiger charge is 2.10. The Labute approximate surface area is 134 Å². The molecular weight excluding hydrogens is 294 g/mol. The SMILES string of the molecule is COC(C)c1nc(CNc2c(C)cnc3ccccc23)cs1. The minimum absolute atomic E-state index is 0.0437. The van der Waals surface area contributed by atoms with E-state index in [9.17, 15) is 0 Å². The molecule has 1 atom stereocenters. The van der Waals surface area contributed by atoms with Crippen LogP contribution < -0.4 is 5.32 Å². The van der Waals surface area contributed by atoms with Crippen LogP contribution in [-0.4, -0.2) is 17.1 Å². The third-order valence-electron chi connectivity index (χ3n) is 3.68. The van der Waals surface area contributed by atoms with Gasteiger partial charge in [-0.2, -0.15) is 0 Å². The highest BCUT2D eigenvalue weighted by atomic mass is 32.1. The summed E-state index contributed by atoms with van der Waals surface area (Å²) in [6, 6.07) is 8.17. The van der Waals surface area contributed by atoms with E-state index in [0.717, 1.165) is 32.9 Å². The number of ether oxygens (including phenoxy) is 1. The van der Waals surface area contributed by atoms with Crippen molar-refractivity contribution >= 4 is 27.9 Å². The molecule has 114 valence electrons. The van der Waals surface area contributed by atoms with E-state index in [4.69, 9.17) is 4.74 Å². The lowest BCUT2D eigenvalue weighted by molar-refractivity contribution is 0.119. The lowest BCUT2D eigenvalue weighted by Crippen LogP contribution is -2.03. The summed E-state index contributed by atoms with van der Waals surface area (Å²) in [5, 5.41) is 7.74. The van der Waals surface area contributed by atoms with Gasteiger partial charge in [-0.05, 0) is 25.5 Å². The van der Waals surface area contributed by atoms with Crippen LogP contribution in [0, 0.1) is 6.92 Å². The summed E-state index contributed by atoms with van der Waals surface area (Å²) in [4.78, 5) is 9.09. The highest BCUT2D eigenvalue weighted by molar-refractivity contribution is 7.09. The number of hydrogen-bond acceptors (Lipinski definition) is 5. The number of rotatable bonds is 5. The number of aromatic nitrogens is 2. The van der Waals surface area contributed by atoms with E-state index in [1.807, 2.05) is 31.3 Å². The van der Waals surface area contributed by atoms with Crippen molar-refractivity contribution in [2.24, 2.45) is 0 Å². The molecule has 0 bridgehead atoms. The van der Waals surface area contributed by atoms with Gasteiger partial charge in [0.25, 0.3) is 0 Å². The van der Waals surface area contributed by atoms with E-state index in [2.05, 4.69) is 33.7 Å². The quantitative estimate of drug-likeness (QED) is 0.762. The van der Waals surface area contributed by atoms with Crippen molar-refractivity contribution in [2.45, 2.75) is 26.5 Å². The maximum atomic E-state index is 5.31. The molecule has 0 radical (unpaired) electrons. The summed E-state index contributed by atoms with van der Waals surface area (Å²) < 4.78 is 5.31.